The lowest BCUT2D eigenvalue weighted by atomic mass is 10.5. The third-order valence-corrected chi connectivity index (χ3v) is 0.481. The Morgan fingerprint density at radius 3 is 1.56 bits per heavy atom. The first-order valence-electron chi connectivity index (χ1n) is 2.81. The van der Waals surface area contributed by atoms with Crippen molar-refractivity contribution in [1.29, 1.82) is 0 Å². The summed E-state index contributed by atoms with van der Waals surface area (Å²) < 4.78 is 4.36. The zero-order chi connectivity index (χ0) is 7.54. The van der Waals surface area contributed by atoms with E-state index >= 15 is 0 Å². The van der Waals surface area contributed by atoms with E-state index in [2.05, 4.69) is 31.4 Å². The minimum Gasteiger partial charge on any atom is -0.474 e. The van der Waals surface area contributed by atoms with Gasteiger partial charge in [0.05, 0.1) is 12.5 Å². The fourth-order valence-corrected chi connectivity index (χ4v) is 0.0680. The quantitative estimate of drug-likeness (QED) is 0.417. The van der Waals surface area contributed by atoms with Crippen molar-refractivity contribution in [2.45, 2.75) is 13.3 Å². The molecule has 9 heavy (non-hydrogen) atoms. The maximum absolute atomic E-state index is 4.36. The predicted molar refractivity (Wildman–Crippen MR) is 42.0 cm³/mol. The van der Waals surface area contributed by atoms with Crippen LogP contribution >= 0.6 is 0 Å². The first-order valence-corrected chi connectivity index (χ1v) is 2.81. The predicted octanol–water partition coefficient (Wildman–Crippen LogP) is 2.87. The second-order valence-electron chi connectivity index (χ2n) is 1.17. The Balaban J connectivity index is 0. The Hall–Kier alpha value is -0.980. The van der Waals surface area contributed by atoms with E-state index in [-0.39, 0.29) is 0 Å². The van der Waals surface area contributed by atoms with Crippen molar-refractivity contribution in [3.8, 4) is 0 Å². The maximum atomic E-state index is 4.36. The van der Waals surface area contributed by atoms with E-state index in [0.717, 1.165) is 6.42 Å². The normalized spacial score (nSPS) is 5.89. The molecule has 0 atom stereocenters. The highest BCUT2D eigenvalue weighted by Gasteiger charge is 1.46. The van der Waals surface area contributed by atoms with Crippen molar-refractivity contribution in [2.75, 3.05) is 0 Å². The second-order valence-corrected chi connectivity index (χ2v) is 1.17. The summed E-state index contributed by atoms with van der Waals surface area (Å²) in [6.07, 6.45) is 5.58. The topological polar surface area (TPSA) is 9.23 Å². The molecule has 0 heterocycles. The average molecular weight is 126 g/mol. The van der Waals surface area contributed by atoms with Crippen molar-refractivity contribution in [2.24, 2.45) is 0 Å². The van der Waals surface area contributed by atoms with Crippen molar-refractivity contribution in [3.05, 3.63) is 38.3 Å². The van der Waals surface area contributed by atoms with Gasteiger partial charge in [-0.05, 0) is 6.42 Å². The molecule has 0 aliphatic carbocycles. The molecule has 0 fully saturated rings. The fraction of sp³-hybridized carbons (Fsp3) is 0.250. The summed E-state index contributed by atoms with van der Waals surface area (Å²) >= 11 is 0. The maximum Gasteiger partial charge on any atom is 0.0829 e. The van der Waals surface area contributed by atoms with E-state index in [4.69, 9.17) is 0 Å². The van der Waals surface area contributed by atoms with Gasteiger partial charge in [0.2, 0.25) is 0 Å². The van der Waals surface area contributed by atoms with Crippen LogP contribution in [-0.4, -0.2) is 0 Å². The third-order valence-electron chi connectivity index (χ3n) is 0.481. The van der Waals surface area contributed by atoms with Crippen molar-refractivity contribution in [1.82, 2.24) is 0 Å². The zero-order valence-corrected chi connectivity index (χ0v) is 5.97. The minimum atomic E-state index is 1.08. The van der Waals surface area contributed by atoms with Crippen LogP contribution in [0, 0.1) is 0 Å². The highest BCUT2D eigenvalue weighted by Crippen LogP contribution is 1.66. The Kier molecular flexibility index (Phi) is 19.1. The molecule has 0 spiro atoms. The van der Waals surface area contributed by atoms with E-state index in [1.807, 2.05) is 6.08 Å². The van der Waals surface area contributed by atoms with Crippen LogP contribution < -0.4 is 0 Å². The molecule has 1 nitrogen and oxygen atoms in total. The summed E-state index contributed by atoms with van der Waals surface area (Å²) in [5, 5.41) is 0. The summed E-state index contributed by atoms with van der Waals surface area (Å²) in [4.78, 5) is 0. The van der Waals surface area contributed by atoms with Gasteiger partial charge in [0, 0.05) is 0 Å². The molecule has 0 aromatic carbocycles. The molecule has 0 saturated carbocycles. The van der Waals surface area contributed by atoms with Crippen LogP contribution in [0.3, 0.4) is 0 Å². The van der Waals surface area contributed by atoms with E-state index in [0.29, 0.717) is 0 Å². The van der Waals surface area contributed by atoms with Crippen molar-refractivity contribution >= 4 is 0 Å². The van der Waals surface area contributed by atoms with Gasteiger partial charge >= 0.3 is 0 Å². The van der Waals surface area contributed by atoms with Gasteiger partial charge in [-0.25, -0.2) is 0 Å². The number of rotatable bonds is 3. The van der Waals surface area contributed by atoms with Crippen LogP contribution in [0.25, 0.3) is 0 Å². The first-order chi connectivity index (χ1) is 4.33. The molecule has 0 amide bonds. The van der Waals surface area contributed by atoms with Crippen LogP contribution in [-0.2, 0) is 4.74 Å². The van der Waals surface area contributed by atoms with Gasteiger partial charge in [-0.15, -0.1) is 6.58 Å². The van der Waals surface area contributed by atoms with E-state index in [9.17, 15) is 0 Å². The zero-order valence-electron chi connectivity index (χ0n) is 5.97. The molecular formula is C8H14O. The molecule has 0 unspecified atom stereocenters. The third kappa shape index (κ3) is 43.4. The lowest BCUT2D eigenvalue weighted by molar-refractivity contribution is 0.406. The Morgan fingerprint density at radius 2 is 1.56 bits per heavy atom. The number of hydrogen-bond donors (Lipinski definition) is 0. The van der Waals surface area contributed by atoms with Crippen LogP contribution in [0.4, 0.5) is 0 Å². The fourth-order valence-electron chi connectivity index (χ4n) is 0.0680. The number of hydrogen-bond acceptors (Lipinski definition) is 1. The molecule has 0 rings (SSSR count). The molecule has 0 aromatic rings. The summed E-state index contributed by atoms with van der Waals surface area (Å²) in [5.74, 6) is 0. The molecule has 0 N–H and O–H groups in total. The van der Waals surface area contributed by atoms with Crippen LogP contribution in [0.15, 0.2) is 38.3 Å². The van der Waals surface area contributed by atoms with Gasteiger partial charge in [-0.1, -0.05) is 26.2 Å². The largest absolute Gasteiger partial charge is 0.474 e. The van der Waals surface area contributed by atoms with Crippen LogP contribution in [0.5, 0.6) is 0 Å². The molecule has 52 valence electrons. The molecule has 0 aliphatic rings. The molecular weight excluding hydrogens is 112 g/mol. The van der Waals surface area contributed by atoms with Gasteiger partial charge in [0.15, 0.2) is 0 Å². The van der Waals surface area contributed by atoms with Gasteiger partial charge in [-0.2, -0.15) is 0 Å². The molecule has 1 heteroatoms. The second kappa shape index (κ2) is 15.7. The molecule has 0 aliphatic heterocycles. The SMILES string of the molecule is C=CCC.C=COC=C. The minimum absolute atomic E-state index is 1.08. The van der Waals surface area contributed by atoms with Crippen molar-refractivity contribution in [3.63, 3.8) is 0 Å². The molecule has 0 aromatic heterocycles. The van der Waals surface area contributed by atoms with Crippen LogP contribution in [0.2, 0.25) is 0 Å². The van der Waals surface area contributed by atoms with E-state index in [1.54, 1.807) is 0 Å². The van der Waals surface area contributed by atoms with Gasteiger partial charge in [0.25, 0.3) is 0 Å². The smallest absolute Gasteiger partial charge is 0.0829 e. The summed E-state index contributed by atoms with van der Waals surface area (Å²) in [7, 11) is 0. The Labute approximate surface area is 57.3 Å². The molecule has 0 radical (unpaired) electrons. The molecule has 0 bridgehead atoms. The molecule has 0 saturated heterocycles. The lowest BCUT2D eigenvalue weighted by Crippen LogP contribution is -1.52. The average Bonchev–Trinajstić information content (AvgIpc) is 1.91. The van der Waals surface area contributed by atoms with Gasteiger partial charge < -0.3 is 4.74 Å². The van der Waals surface area contributed by atoms with Gasteiger partial charge in [-0.3, -0.25) is 0 Å². The van der Waals surface area contributed by atoms with Crippen molar-refractivity contribution < 1.29 is 4.74 Å². The number of ether oxygens (including phenoxy) is 1. The standard InChI is InChI=1S/C4H6O.C4H8/c1-3-5-4-2;1-3-4-2/h3-4H,1-2H2;3H,1,4H2,2H3. The van der Waals surface area contributed by atoms with Crippen LogP contribution in [0.1, 0.15) is 13.3 Å². The summed E-state index contributed by atoms with van der Waals surface area (Å²) in [6.45, 7) is 12.1. The Morgan fingerprint density at radius 1 is 1.22 bits per heavy atom. The highest BCUT2D eigenvalue weighted by molar-refractivity contribution is 4.60. The summed E-state index contributed by atoms with van der Waals surface area (Å²) in [5.41, 5.74) is 0. The Bertz CT molecular complexity index is 68.6. The monoisotopic (exact) mass is 126 g/mol. The lowest BCUT2D eigenvalue weighted by Gasteiger charge is -1.76. The van der Waals surface area contributed by atoms with E-state index < -0.39 is 0 Å². The highest BCUT2D eigenvalue weighted by atomic mass is 16.5. The first kappa shape index (κ1) is 10.9. The number of allylic oxidation sites excluding steroid dienone is 1. The summed E-state index contributed by atoms with van der Waals surface area (Å²) in [6, 6.07) is 0. The van der Waals surface area contributed by atoms with Gasteiger partial charge in [0.1, 0.15) is 0 Å². The van der Waals surface area contributed by atoms with E-state index in [1.165, 1.54) is 12.5 Å².